The van der Waals surface area contributed by atoms with Crippen molar-refractivity contribution in [2.75, 3.05) is 24.2 Å². The van der Waals surface area contributed by atoms with Gasteiger partial charge in [-0.15, -0.1) is 0 Å². The van der Waals surface area contributed by atoms with Gasteiger partial charge in [0.05, 0.1) is 17.0 Å². The minimum absolute atomic E-state index is 0.169. The molecule has 1 fully saturated rings. The molecular formula is C16H22Cl2N2O3S. The molecule has 1 aliphatic carbocycles. The van der Waals surface area contributed by atoms with E-state index in [1.165, 1.54) is 18.6 Å². The predicted octanol–water partition coefficient (Wildman–Crippen LogP) is 3.55. The van der Waals surface area contributed by atoms with Gasteiger partial charge in [0, 0.05) is 18.1 Å². The van der Waals surface area contributed by atoms with Crippen LogP contribution in [0.4, 0.5) is 5.69 Å². The predicted molar refractivity (Wildman–Crippen MR) is 98.3 cm³/mol. The molecule has 134 valence electrons. The van der Waals surface area contributed by atoms with Crippen LogP contribution in [0, 0.1) is 0 Å². The van der Waals surface area contributed by atoms with Crippen LogP contribution in [0.1, 0.15) is 32.1 Å². The summed E-state index contributed by atoms with van der Waals surface area (Å²) in [6.07, 6.45) is 6.35. The Kier molecular flexibility index (Phi) is 6.39. The SMILES string of the molecule is CN(C(=O)CN(c1cc(Cl)ccc1Cl)S(C)(=O)=O)C1CCCCC1. The molecule has 0 atom stereocenters. The van der Waals surface area contributed by atoms with Crippen LogP contribution < -0.4 is 4.31 Å². The smallest absolute Gasteiger partial charge is 0.243 e. The van der Waals surface area contributed by atoms with E-state index in [2.05, 4.69) is 0 Å². The molecular weight excluding hydrogens is 371 g/mol. The highest BCUT2D eigenvalue weighted by molar-refractivity contribution is 7.92. The maximum absolute atomic E-state index is 12.6. The van der Waals surface area contributed by atoms with Gasteiger partial charge in [0.25, 0.3) is 0 Å². The largest absolute Gasteiger partial charge is 0.341 e. The highest BCUT2D eigenvalue weighted by Crippen LogP contribution is 2.31. The number of carbonyl (C=O) groups is 1. The van der Waals surface area contributed by atoms with E-state index in [0.29, 0.717) is 5.02 Å². The van der Waals surface area contributed by atoms with Crippen molar-refractivity contribution in [2.24, 2.45) is 0 Å². The van der Waals surface area contributed by atoms with Gasteiger partial charge in [-0.1, -0.05) is 42.5 Å². The van der Waals surface area contributed by atoms with Crippen LogP contribution in [0.25, 0.3) is 0 Å². The standard InChI is InChI=1S/C16H22Cl2N2O3S/c1-19(13-6-4-3-5-7-13)16(21)11-20(24(2,22)23)15-10-12(17)8-9-14(15)18/h8-10,13H,3-7,11H2,1-2H3. The lowest BCUT2D eigenvalue weighted by Gasteiger charge is -2.33. The average Bonchev–Trinajstić information content (AvgIpc) is 2.54. The molecule has 0 aromatic heterocycles. The van der Waals surface area contributed by atoms with E-state index in [1.807, 2.05) is 0 Å². The van der Waals surface area contributed by atoms with Gasteiger partial charge in [0.15, 0.2) is 0 Å². The number of anilines is 1. The van der Waals surface area contributed by atoms with Gasteiger partial charge in [0.1, 0.15) is 6.54 Å². The summed E-state index contributed by atoms with van der Waals surface area (Å²) in [5.74, 6) is -0.247. The van der Waals surface area contributed by atoms with Gasteiger partial charge in [-0.3, -0.25) is 9.10 Å². The van der Waals surface area contributed by atoms with Gasteiger partial charge in [-0.05, 0) is 31.0 Å². The van der Waals surface area contributed by atoms with Crippen molar-refractivity contribution in [1.82, 2.24) is 4.90 Å². The van der Waals surface area contributed by atoms with Crippen LogP contribution in [0.5, 0.6) is 0 Å². The molecule has 0 bridgehead atoms. The molecule has 1 aromatic carbocycles. The number of amides is 1. The minimum atomic E-state index is -3.67. The molecule has 24 heavy (non-hydrogen) atoms. The molecule has 0 saturated heterocycles. The zero-order valence-corrected chi connectivity index (χ0v) is 16.2. The van der Waals surface area contributed by atoms with Gasteiger partial charge in [-0.25, -0.2) is 8.42 Å². The fraction of sp³-hybridized carbons (Fsp3) is 0.562. The summed E-state index contributed by atoms with van der Waals surface area (Å²) >= 11 is 12.1. The summed E-state index contributed by atoms with van der Waals surface area (Å²) in [6.45, 7) is -0.286. The van der Waals surface area contributed by atoms with Crippen molar-refractivity contribution < 1.29 is 13.2 Å². The van der Waals surface area contributed by atoms with Crippen molar-refractivity contribution in [2.45, 2.75) is 38.1 Å². The molecule has 1 aliphatic rings. The molecule has 0 heterocycles. The van der Waals surface area contributed by atoms with Crippen molar-refractivity contribution in [1.29, 1.82) is 0 Å². The number of carbonyl (C=O) groups excluding carboxylic acids is 1. The first kappa shape index (κ1) is 19.3. The summed E-state index contributed by atoms with van der Waals surface area (Å²) in [5, 5.41) is 0.592. The number of rotatable bonds is 5. The highest BCUT2D eigenvalue weighted by atomic mass is 35.5. The van der Waals surface area contributed by atoms with E-state index in [4.69, 9.17) is 23.2 Å². The van der Waals surface area contributed by atoms with Gasteiger partial charge < -0.3 is 4.90 Å². The summed E-state index contributed by atoms with van der Waals surface area (Å²) in [5.41, 5.74) is 0.220. The van der Waals surface area contributed by atoms with Crippen LogP contribution in [0.3, 0.4) is 0 Å². The molecule has 1 saturated carbocycles. The van der Waals surface area contributed by atoms with E-state index in [0.717, 1.165) is 36.2 Å². The summed E-state index contributed by atoms with van der Waals surface area (Å²) in [4.78, 5) is 14.3. The molecule has 0 N–H and O–H groups in total. The second kappa shape index (κ2) is 7.93. The maximum atomic E-state index is 12.6. The van der Waals surface area contributed by atoms with Crippen LogP contribution in [0.15, 0.2) is 18.2 Å². The van der Waals surface area contributed by atoms with Gasteiger partial charge >= 0.3 is 0 Å². The molecule has 1 aromatic rings. The number of hydrogen-bond acceptors (Lipinski definition) is 3. The van der Waals surface area contributed by atoms with Gasteiger partial charge in [-0.2, -0.15) is 0 Å². The van der Waals surface area contributed by atoms with E-state index in [1.54, 1.807) is 18.0 Å². The molecule has 0 aliphatic heterocycles. The number of halogens is 2. The van der Waals surface area contributed by atoms with E-state index >= 15 is 0 Å². The molecule has 5 nitrogen and oxygen atoms in total. The Labute approximate surface area is 153 Å². The first-order chi connectivity index (χ1) is 11.2. The van der Waals surface area contributed by atoms with Crippen LogP contribution in [-0.4, -0.2) is 45.1 Å². The molecule has 0 unspecified atom stereocenters. The third kappa shape index (κ3) is 4.77. The summed E-state index contributed by atoms with van der Waals surface area (Å²) < 4.78 is 25.4. The fourth-order valence-electron chi connectivity index (χ4n) is 2.96. The van der Waals surface area contributed by atoms with E-state index in [-0.39, 0.29) is 29.2 Å². The van der Waals surface area contributed by atoms with E-state index < -0.39 is 10.0 Å². The quantitative estimate of drug-likeness (QED) is 0.769. The molecule has 1 amide bonds. The average molecular weight is 393 g/mol. The first-order valence-corrected chi connectivity index (χ1v) is 10.5. The fourth-order valence-corrected chi connectivity index (χ4v) is 4.25. The van der Waals surface area contributed by atoms with E-state index in [9.17, 15) is 13.2 Å². The lowest BCUT2D eigenvalue weighted by molar-refractivity contribution is -0.130. The number of benzene rings is 1. The Balaban J connectivity index is 2.23. The second-order valence-electron chi connectivity index (χ2n) is 6.16. The third-order valence-corrected chi connectivity index (χ3v) is 6.05. The summed E-state index contributed by atoms with van der Waals surface area (Å²) in [6, 6.07) is 4.72. The minimum Gasteiger partial charge on any atom is -0.341 e. The van der Waals surface area contributed by atoms with Crippen LogP contribution >= 0.6 is 23.2 Å². The normalized spacial score (nSPS) is 16.0. The number of sulfonamides is 1. The van der Waals surface area contributed by atoms with Crippen molar-refractivity contribution in [3.8, 4) is 0 Å². The Morgan fingerprint density at radius 2 is 1.83 bits per heavy atom. The number of hydrogen-bond donors (Lipinski definition) is 0. The topological polar surface area (TPSA) is 57.7 Å². The molecule has 0 radical (unpaired) electrons. The lowest BCUT2D eigenvalue weighted by atomic mass is 9.94. The van der Waals surface area contributed by atoms with Crippen LogP contribution in [0.2, 0.25) is 10.0 Å². The molecule has 8 heteroatoms. The molecule has 2 rings (SSSR count). The third-order valence-electron chi connectivity index (χ3n) is 4.37. The zero-order valence-electron chi connectivity index (χ0n) is 13.8. The van der Waals surface area contributed by atoms with Crippen LogP contribution in [-0.2, 0) is 14.8 Å². The van der Waals surface area contributed by atoms with Gasteiger partial charge in [0.2, 0.25) is 15.9 Å². The monoisotopic (exact) mass is 392 g/mol. The van der Waals surface area contributed by atoms with Crippen molar-refractivity contribution >= 4 is 44.8 Å². The van der Waals surface area contributed by atoms with Crippen molar-refractivity contribution in [3.63, 3.8) is 0 Å². The Morgan fingerprint density at radius 3 is 2.42 bits per heavy atom. The second-order valence-corrected chi connectivity index (χ2v) is 8.91. The lowest BCUT2D eigenvalue weighted by Crippen LogP contribution is -2.45. The Bertz CT molecular complexity index is 703. The zero-order chi connectivity index (χ0) is 17.9. The van der Waals surface area contributed by atoms with Crippen molar-refractivity contribution in [3.05, 3.63) is 28.2 Å². The number of nitrogens with zero attached hydrogens (tertiary/aromatic N) is 2. The highest BCUT2D eigenvalue weighted by Gasteiger charge is 2.28. The first-order valence-electron chi connectivity index (χ1n) is 7.88. The Hall–Kier alpha value is -0.980. The molecule has 0 spiro atoms. The Morgan fingerprint density at radius 1 is 1.21 bits per heavy atom. The summed E-state index contributed by atoms with van der Waals surface area (Å²) in [7, 11) is -1.94. The number of likely N-dealkylation sites (N-methyl/N-ethyl adjacent to an activating group) is 1. The maximum Gasteiger partial charge on any atom is 0.243 e.